The first-order chi connectivity index (χ1) is 14.6. The smallest absolute Gasteiger partial charge is 0.261 e. The number of aromatic nitrogens is 1. The highest BCUT2D eigenvalue weighted by Crippen LogP contribution is 2.33. The second-order valence-corrected chi connectivity index (χ2v) is 9.08. The molecular formula is C23H23N3O3S. The van der Waals surface area contributed by atoms with E-state index in [0.29, 0.717) is 23.6 Å². The van der Waals surface area contributed by atoms with Crippen molar-refractivity contribution in [3.63, 3.8) is 0 Å². The molecule has 2 aliphatic rings. The van der Waals surface area contributed by atoms with Crippen LogP contribution in [0.3, 0.4) is 0 Å². The van der Waals surface area contributed by atoms with Crippen LogP contribution in [-0.2, 0) is 0 Å². The molecule has 3 heterocycles. The minimum atomic E-state index is -0.758. The van der Waals surface area contributed by atoms with Gasteiger partial charge < -0.3 is 10.0 Å². The highest BCUT2D eigenvalue weighted by molar-refractivity contribution is 7.18. The average Bonchev–Trinajstić information content (AvgIpc) is 3.30. The Morgan fingerprint density at radius 1 is 0.967 bits per heavy atom. The molecule has 5 rings (SSSR count). The molecule has 0 spiro atoms. The minimum absolute atomic E-state index is 0.0319. The van der Waals surface area contributed by atoms with Crippen LogP contribution in [0.15, 0.2) is 48.5 Å². The maximum Gasteiger partial charge on any atom is 0.261 e. The molecule has 1 aromatic heterocycles. The number of rotatable bonds is 5. The number of aliphatic hydroxyl groups is 1. The standard InChI is InChI=1S/C23H23N3O3S/c27-16(14-26-22(28)17-5-1-2-6-18(17)23(26)29)13-25-11-9-15(10-12-25)21-24-19-7-3-4-8-20(19)30-21/h1-8,15-16,27H,9-14H2/t16-/m0/s1. The van der Waals surface area contributed by atoms with E-state index in [1.807, 2.05) is 12.1 Å². The molecule has 3 aromatic rings. The molecule has 2 aromatic carbocycles. The van der Waals surface area contributed by atoms with E-state index in [4.69, 9.17) is 4.98 Å². The molecule has 0 aliphatic carbocycles. The monoisotopic (exact) mass is 421 g/mol. The summed E-state index contributed by atoms with van der Waals surface area (Å²) in [7, 11) is 0. The van der Waals surface area contributed by atoms with Crippen LogP contribution in [0.4, 0.5) is 0 Å². The summed E-state index contributed by atoms with van der Waals surface area (Å²) in [5, 5.41) is 11.8. The fraction of sp³-hybridized carbons (Fsp3) is 0.348. The number of carbonyl (C=O) groups excluding carboxylic acids is 2. The van der Waals surface area contributed by atoms with Crippen molar-refractivity contribution < 1.29 is 14.7 Å². The Morgan fingerprint density at radius 2 is 1.60 bits per heavy atom. The zero-order valence-electron chi connectivity index (χ0n) is 16.5. The van der Waals surface area contributed by atoms with Crippen LogP contribution in [0.25, 0.3) is 10.2 Å². The van der Waals surface area contributed by atoms with Crippen molar-refractivity contribution in [3.8, 4) is 0 Å². The fourth-order valence-corrected chi connectivity index (χ4v) is 5.54. The number of β-amino-alcohol motifs (C(OH)–C–C–N with tert-alkyl or cyclic N) is 1. The molecule has 7 heteroatoms. The SMILES string of the molecule is O=C1c2ccccc2C(=O)N1C[C@@H](O)CN1CCC(c2nc3ccccc3s2)CC1. The van der Waals surface area contributed by atoms with Gasteiger partial charge in [-0.2, -0.15) is 0 Å². The lowest BCUT2D eigenvalue weighted by molar-refractivity contribution is 0.0449. The lowest BCUT2D eigenvalue weighted by Crippen LogP contribution is -2.44. The number of fused-ring (bicyclic) bond motifs is 2. The fourth-order valence-electron chi connectivity index (χ4n) is 4.40. The van der Waals surface area contributed by atoms with Gasteiger partial charge in [-0.25, -0.2) is 4.98 Å². The van der Waals surface area contributed by atoms with Crippen LogP contribution in [0.1, 0.15) is 44.5 Å². The summed E-state index contributed by atoms with van der Waals surface area (Å²) in [4.78, 5) is 33.1. The molecule has 30 heavy (non-hydrogen) atoms. The van der Waals surface area contributed by atoms with Crippen molar-refractivity contribution in [2.45, 2.75) is 24.9 Å². The van der Waals surface area contributed by atoms with Crippen molar-refractivity contribution in [1.82, 2.24) is 14.8 Å². The number of benzene rings is 2. The molecule has 0 bridgehead atoms. The van der Waals surface area contributed by atoms with E-state index >= 15 is 0 Å². The van der Waals surface area contributed by atoms with Gasteiger partial charge in [0, 0.05) is 12.5 Å². The van der Waals surface area contributed by atoms with Crippen LogP contribution in [-0.4, -0.2) is 64.0 Å². The number of thiazole rings is 1. The van der Waals surface area contributed by atoms with Gasteiger partial charge in [0.15, 0.2) is 0 Å². The van der Waals surface area contributed by atoms with Crippen LogP contribution < -0.4 is 0 Å². The molecule has 1 fully saturated rings. The number of amides is 2. The minimum Gasteiger partial charge on any atom is -0.390 e. The summed E-state index contributed by atoms with van der Waals surface area (Å²) in [6.45, 7) is 2.24. The van der Waals surface area contributed by atoms with Crippen molar-refractivity contribution in [3.05, 3.63) is 64.7 Å². The Hall–Kier alpha value is -2.61. The summed E-state index contributed by atoms with van der Waals surface area (Å²) in [5.41, 5.74) is 1.91. The molecule has 0 radical (unpaired) electrons. The zero-order chi connectivity index (χ0) is 20.7. The van der Waals surface area contributed by atoms with Gasteiger partial charge in [0.05, 0.1) is 39.0 Å². The zero-order valence-corrected chi connectivity index (χ0v) is 17.3. The third-order valence-electron chi connectivity index (χ3n) is 5.99. The second kappa shape index (κ2) is 7.91. The van der Waals surface area contributed by atoms with E-state index in [-0.39, 0.29) is 18.4 Å². The maximum absolute atomic E-state index is 12.5. The molecule has 1 atom stereocenters. The first kappa shape index (κ1) is 19.4. The van der Waals surface area contributed by atoms with Gasteiger partial charge in [-0.05, 0) is 50.2 Å². The third kappa shape index (κ3) is 3.53. The number of nitrogens with zero attached hydrogens (tertiary/aromatic N) is 3. The van der Waals surface area contributed by atoms with Crippen LogP contribution >= 0.6 is 11.3 Å². The molecule has 2 amide bonds. The van der Waals surface area contributed by atoms with Gasteiger partial charge in [-0.1, -0.05) is 24.3 Å². The van der Waals surface area contributed by atoms with Crippen molar-refractivity contribution >= 4 is 33.4 Å². The Kier molecular flexibility index (Phi) is 5.10. The summed E-state index contributed by atoms with van der Waals surface area (Å²) in [6.07, 6.45) is 1.24. The van der Waals surface area contributed by atoms with Gasteiger partial charge in [-0.3, -0.25) is 14.5 Å². The number of likely N-dealkylation sites (tertiary alicyclic amines) is 1. The number of hydrogen-bond donors (Lipinski definition) is 1. The highest BCUT2D eigenvalue weighted by atomic mass is 32.1. The quantitative estimate of drug-likeness (QED) is 0.641. The summed E-state index contributed by atoms with van der Waals surface area (Å²) in [5.74, 6) is -0.180. The Bertz CT molecular complexity index is 1040. The molecule has 1 saturated heterocycles. The second-order valence-electron chi connectivity index (χ2n) is 8.02. The predicted octanol–water partition coefficient (Wildman–Crippen LogP) is 3.13. The van der Waals surface area contributed by atoms with E-state index in [0.717, 1.165) is 31.4 Å². The van der Waals surface area contributed by atoms with E-state index in [2.05, 4.69) is 17.0 Å². The predicted molar refractivity (Wildman–Crippen MR) is 116 cm³/mol. The first-order valence-electron chi connectivity index (χ1n) is 10.3. The normalized spacial score (nSPS) is 18.9. The molecule has 6 nitrogen and oxygen atoms in total. The average molecular weight is 422 g/mol. The number of aliphatic hydroxyl groups excluding tert-OH is 1. The van der Waals surface area contributed by atoms with Crippen LogP contribution in [0.2, 0.25) is 0 Å². The number of para-hydroxylation sites is 1. The summed E-state index contributed by atoms with van der Waals surface area (Å²) < 4.78 is 1.23. The van der Waals surface area contributed by atoms with Gasteiger partial charge in [0.1, 0.15) is 0 Å². The third-order valence-corrected chi connectivity index (χ3v) is 7.19. The van der Waals surface area contributed by atoms with Crippen molar-refractivity contribution in [2.24, 2.45) is 0 Å². The van der Waals surface area contributed by atoms with E-state index in [9.17, 15) is 14.7 Å². The summed E-state index contributed by atoms with van der Waals surface area (Å²) >= 11 is 1.77. The largest absolute Gasteiger partial charge is 0.390 e. The van der Waals surface area contributed by atoms with E-state index < -0.39 is 6.10 Å². The molecule has 0 saturated carbocycles. The molecule has 2 aliphatic heterocycles. The van der Waals surface area contributed by atoms with E-state index in [1.54, 1.807) is 35.6 Å². The van der Waals surface area contributed by atoms with E-state index in [1.165, 1.54) is 14.6 Å². The maximum atomic E-state index is 12.5. The number of hydrogen-bond acceptors (Lipinski definition) is 6. The molecule has 0 unspecified atom stereocenters. The number of carbonyl (C=O) groups is 2. The first-order valence-corrected chi connectivity index (χ1v) is 11.1. The van der Waals surface area contributed by atoms with Crippen molar-refractivity contribution in [1.29, 1.82) is 0 Å². The highest BCUT2D eigenvalue weighted by Gasteiger charge is 2.36. The summed E-state index contributed by atoms with van der Waals surface area (Å²) in [6, 6.07) is 15.1. The van der Waals surface area contributed by atoms with Gasteiger partial charge in [0.25, 0.3) is 11.8 Å². The Labute approximate surface area is 178 Å². The molecular weight excluding hydrogens is 398 g/mol. The lowest BCUT2D eigenvalue weighted by Gasteiger charge is -2.33. The van der Waals surface area contributed by atoms with Crippen LogP contribution in [0.5, 0.6) is 0 Å². The Balaban J connectivity index is 1.16. The lowest BCUT2D eigenvalue weighted by atomic mass is 9.97. The Morgan fingerprint density at radius 3 is 2.27 bits per heavy atom. The van der Waals surface area contributed by atoms with Crippen LogP contribution in [0, 0.1) is 0 Å². The van der Waals surface area contributed by atoms with Gasteiger partial charge >= 0.3 is 0 Å². The molecule has 154 valence electrons. The molecule has 1 N–H and O–H groups in total. The number of imide groups is 1. The topological polar surface area (TPSA) is 73.7 Å². The van der Waals surface area contributed by atoms with Gasteiger partial charge in [0.2, 0.25) is 0 Å². The number of piperidine rings is 1. The van der Waals surface area contributed by atoms with Gasteiger partial charge in [-0.15, -0.1) is 11.3 Å². The van der Waals surface area contributed by atoms with Crippen molar-refractivity contribution in [2.75, 3.05) is 26.2 Å².